The zero-order valence-electron chi connectivity index (χ0n) is 11.3. The summed E-state index contributed by atoms with van der Waals surface area (Å²) >= 11 is 1.43. The summed E-state index contributed by atoms with van der Waals surface area (Å²) in [5.74, 6) is 2.11. The Morgan fingerprint density at radius 1 is 1.24 bits per heavy atom. The average molecular weight is 303 g/mol. The summed E-state index contributed by atoms with van der Waals surface area (Å²) in [5, 5.41) is 21.6. The quantitative estimate of drug-likeness (QED) is 0.717. The van der Waals surface area contributed by atoms with Crippen LogP contribution in [0.1, 0.15) is 11.7 Å². The van der Waals surface area contributed by atoms with Crippen molar-refractivity contribution in [2.24, 2.45) is 7.05 Å². The zero-order valence-corrected chi connectivity index (χ0v) is 12.1. The number of rotatable bonds is 5. The van der Waals surface area contributed by atoms with E-state index in [0.29, 0.717) is 28.4 Å². The minimum Gasteiger partial charge on any atom is -0.388 e. The predicted octanol–water partition coefficient (Wildman–Crippen LogP) is 1.65. The number of hydrogen-bond donors (Lipinski definition) is 1. The topological polar surface area (TPSA) is 89.9 Å². The van der Waals surface area contributed by atoms with E-state index in [-0.39, 0.29) is 6.61 Å². The number of aromatic nitrogens is 5. The third kappa shape index (κ3) is 2.96. The molecule has 8 heteroatoms. The largest absolute Gasteiger partial charge is 0.388 e. The number of hydrogen-bond acceptors (Lipinski definition) is 7. The van der Waals surface area contributed by atoms with Crippen LogP contribution in [0.3, 0.4) is 0 Å². The zero-order chi connectivity index (χ0) is 14.7. The highest BCUT2D eigenvalue weighted by molar-refractivity contribution is 7.98. The lowest BCUT2D eigenvalue weighted by atomic mass is 10.2. The summed E-state index contributed by atoms with van der Waals surface area (Å²) in [5.41, 5.74) is 0.915. The molecule has 0 aliphatic heterocycles. The van der Waals surface area contributed by atoms with Gasteiger partial charge in [0, 0.05) is 12.6 Å². The Morgan fingerprint density at radius 3 is 2.76 bits per heavy atom. The van der Waals surface area contributed by atoms with Crippen LogP contribution in [0.15, 0.2) is 40.0 Å². The first-order valence-electron chi connectivity index (χ1n) is 6.28. The number of aliphatic hydroxyl groups is 1. The van der Waals surface area contributed by atoms with Crippen molar-refractivity contribution in [3.63, 3.8) is 0 Å². The molecule has 108 valence electrons. The number of aliphatic hydroxyl groups excluding tert-OH is 1. The van der Waals surface area contributed by atoms with E-state index in [4.69, 9.17) is 9.63 Å². The summed E-state index contributed by atoms with van der Waals surface area (Å²) in [6.45, 7) is -0.136. The van der Waals surface area contributed by atoms with Crippen molar-refractivity contribution in [2.75, 3.05) is 0 Å². The average Bonchev–Trinajstić information content (AvgIpc) is 3.13. The maximum atomic E-state index is 9.07. The fourth-order valence-electron chi connectivity index (χ4n) is 1.75. The van der Waals surface area contributed by atoms with Gasteiger partial charge >= 0.3 is 0 Å². The molecule has 3 aromatic rings. The summed E-state index contributed by atoms with van der Waals surface area (Å²) in [4.78, 5) is 4.35. The lowest BCUT2D eigenvalue weighted by molar-refractivity contribution is 0.266. The van der Waals surface area contributed by atoms with E-state index >= 15 is 0 Å². The Balaban J connectivity index is 1.69. The van der Waals surface area contributed by atoms with Gasteiger partial charge in [0.1, 0.15) is 6.61 Å². The van der Waals surface area contributed by atoms with Crippen LogP contribution in [-0.4, -0.2) is 30.0 Å². The molecule has 1 N–H and O–H groups in total. The molecule has 0 unspecified atom stereocenters. The van der Waals surface area contributed by atoms with E-state index in [1.165, 1.54) is 11.8 Å². The Kier molecular flexibility index (Phi) is 3.98. The molecule has 0 aliphatic carbocycles. The van der Waals surface area contributed by atoms with Gasteiger partial charge in [-0.25, -0.2) is 0 Å². The monoisotopic (exact) mass is 303 g/mol. The standard InChI is InChI=1S/C13H13N5O2S/c1-18-10(7-19)15-16-13(18)21-8-11-14-12(17-20-11)9-5-3-2-4-6-9/h2-6,19H,7-8H2,1H3. The molecule has 0 atom stereocenters. The highest BCUT2D eigenvalue weighted by Gasteiger charge is 2.12. The first kappa shape index (κ1) is 13.8. The Hall–Kier alpha value is -2.19. The molecule has 2 aromatic heterocycles. The second-order valence-corrected chi connectivity index (χ2v) is 5.22. The minimum atomic E-state index is -0.136. The number of benzene rings is 1. The van der Waals surface area contributed by atoms with Gasteiger partial charge in [-0.15, -0.1) is 10.2 Å². The summed E-state index contributed by atoms with van der Waals surface area (Å²) in [7, 11) is 1.80. The lowest BCUT2D eigenvalue weighted by Crippen LogP contribution is -1.98. The third-order valence-corrected chi connectivity index (χ3v) is 3.90. The Labute approximate surface area is 125 Å². The molecule has 2 heterocycles. The van der Waals surface area contributed by atoms with Crippen LogP contribution in [0.2, 0.25) is 0 Å². The fourth-order valence-corrected chi connectivity index (χ4v) is 2.52. The van der Waals surface area contributed by atoms with Gasteiger partial charge in [-0.05, 0) is 0 Å². The van der Waals surface area contributed by atoms with Crippen LogP contribution >= 0.6 is 11.8 Å². The maximum absolute atomic E-state index is 9.07. The molecule has 21 heavy (non-hydrogen) atoms. The molecule has 0 saturated heterocycles. The van der Waals surface area contributed by atoms with Crippen LogP contribution < -0.4 is 0 Å². The van der Waals surface area contributed by atoms with E-state index in [9.17, 15) is 0 Å². The lowest BCUT2D eigenvalue weighted by Gasteiger charge is -1.99. The Morgan fingerprint density at radius 2 is 2.05 bits per heavy atom. The highest BCUT2D eigenvalue weighted by atomic mass is 32.2. The summed E-state index contributed by atoms with van der Waals surface area (Å²) < 4.78 is 6.96. The van der Waals surface area contributed by atoms with Gasteiger partial charge in [0.05, 0.1) is 5.75 Å². The molecule has 7 nitrogen and oxygen atoms in total. The van der Waals surface area contributed by atoms with Crippen molar-refractivity contribution in [1.29, 1.82) is 0 Å². The molecule has 0 amide bonds. The van der Waals surface area contributed by atoms with E-state index in [1.807, 2.05) is 30.3 Å². The number of nitrogens with zero attached hydrogens (tertiary/aromatic N) is 5. The van der Waals surface area contributed by atoms with Gasteiger partial charge in [-0.3, -0.25) is 0 Å². The van der Waals surface area contributed by atoms with E-state index in [1.54, 1.807) is 11.6 Å². The van der Waals surface area contributed by atoms with Gasteiger partial charge in [0.15, 0.2) is 11.0 Å². The van der Waals surface area contributed by atoms with Crippen LogP contribution in [0.4, 0.5) is 0 Å². The van der Waals surface area contributed by atoms with Gasteiger partial charge in [0.25, 0.3) is 0 Å². The van der Waals surface area contributed by atoms with Crippen LogP contribution in [-0.2, 0) is 19.4 Å². The molecule has 0 spiro atoms. The van der Waals surface area contributed by atoms with Crippen molar-refractivity contribution in [1.82, 2.24) is 24.9 Å². The predicted molar refractivity (Wildman–Crippen MR) is 76.2 cm³/mol. The second kappa shape index (κ2) is 6.06. The molecule has 0 saturated carbocycles. The first-order chi connectivity index (χ1) is 10.3. The SMILES string of the molecule is Cn1c(CO)nnc1SCc1nc(-c2ccccc2)no1. The van der Waals surface area contributed by atoms with Gasteiger partial charge < -0.3 is 14.2 Å². The van der Waals surface area contributed by atoms with Crippen molar-refractivity contribution < 1.29 is 9.63 Å². The second-order valence-electron chi connectivity index (χ2n) is 4.28. The molecular formula is C13H13N5O2S. The van der Waals surface area contributed by atoms with E-state index in [0.717, 1.165) is 5.56 Å². The fraction of sp³-hybridized carbons (Fsp3) is 0.231. The third-order valence-electron chi connectivity index (χ3n) is 2.89. The molecule has 1 aromatic carbocycles. The maximum Gasteiger partial charge on any atom is 0.237 e. The summed E-state index contributed by atoms with van der Waals surface area (Å²) in [6.07, 6.45) is 0. The highest BCUT2D eigenvalue weighted by Crippen LogP contribution is 2.22. The first-order valence-corrected chi connectivity index (χ1v) is 7.26. The summed E-state index contributed by atoms with van der Waals surface area (Å²) in [6, 6.07) is 9.65. The normalized spacial score (nSPS) is 11.0. The molecule has 3 rings (SSSR count). The van der Waals surface area contributed by atoms with Gasteiger partial charge in [-0.1, -0.05) is 47.3 Å². The van der Waals surface area contributed by atoms with Crippen molar-refractivity contribution in [3.8, 4) is 11.4 Å². The van der Waals surface area contributed by atoms with Crippen LogP contribution in [0.5, 0.6) is 0 Å². The van der Waals surface area contributed by atoms with Gasteiger partial charge in [-0.2, -0.15) is 4.98 Å². The van der Waals surface area contributed by atoms with Crippen molar-refractivity contribution in [3.05, 3.63) is 42.0 Å². The smallest absolute Gasteiger partial charge is 0.237 e. The van der Waals surface area contributed by atoms with Crippen molar-refractivity contribution in [2.45, 2.75) is 17.5 Å². The molecule has 0 fully saturated rings. The van der Waals surface area contributed by atoms with E-state index in [2.05, 4.69) is 20.3 Å². The van der Waals surface area contributed by atoms with E-state index < -0.39 is 0 Å². The van der Waals surface area contributed by atoms with Gasteiger partial charge in [0.2, 0.25) is 11.7 Å². The Bertz CT molecular complexity index is 725. The molecule has 0 radical (unpaired) electrons. The van der Waals surface area contributed by atoms with Crippen LogP contribution in [0.25, 0.3) is 11.4 Å². The van der Waals surface area contributed by atoms with Crippen LogP contribution in [0, 0.1) is 0 Å². The molecular weight excluding hydrogens is 290 g/mol. The van der Waals surface area contributed by atoms with Crippen molar-refractivity contribution >= 4 is 11.8 Å². The minimum absolute atomic E-state index is 0.136. The molecule has 0 bridgehead atoms. The number of thioether (sulfide) groups is 1. The molecule has 0 aliphatic rings.